The summed E-state index contributed by atoms with van der Waals surface area (Å²) in [5.74, 6) is -0.300. The van der Waals surface area contributed by atoms with Gasteiger partial charge in [0.05, 0.1) is 0 Å². The number of thiazole rings is 1. The quantitative estimate of drug-likeness (QED) is 0.886. The molecule has 0 aliphatic heterocycles. The van der Waals surface area contributed by atoms with Crippen molar-refractivity contribution in [1.29, 1.82) is 0 Å². The number of nitrogens with one attached hydrogen (secondary N) is 1. The number of hydrogen-bond donors (Lipinski definition) is 1. The smallest absolute Gasteiger partial charge is 0.279 e. The van der Waals surface area contributed by atoms with Crippen LogP contribution in [0.3, 0.4) is 0 Å². The minimum absolute atomic E-state index is 0.257. The van der Waals surface area contributed by atoms with Crippen LogP contribution in [0.5, 0.6) is 0 Å². The first kappa shape index (κ1) is 10.8. The Morgan fingerprint density at radius 1 is 1.62 bits per heavy atom. The summed E-state index contributed by atoms with van der Waals surface area (Å²) in [5, 5.41) is 6.81. The Balaban J connectivity index is 2.01. The van der Waals surface area contributed by atoms with Gasteiger partial charge in [-0.25, -0.2) is 4.98 Å². The molecule has 5 nitrogen and oxygen atoms in total. The third-order valence-electron chi connectivity index (χ3n) is 1.94. The lowest BCUT2D eigenvalue weighted by Gasteiger charge is -1.95. The van der Waals surface area contributed by atoms with Crippen LogP contribution in [-0.2, 0) is 6.42 Å². The molecule has 2 aromatic heterocycles. The molecule has 6 heteroatoms. The molecule has 2 heterocycles. The second kappa shape index (κ2) is 4.89. The first-order valence-corrected chi connectivity index (χ1v) is 5.77. The van der Waals surface area contributed by atoms with Crippen LogP contribution in [0.1, 0.15) is 28.7 Å². The lowest BCUT2D eigenvalue weighted by atomic mass is 10.3. The molecule has 0 unspecified atom stereocenters. The number of aryl methyl sites for hydroxylation is 1. The first-order chi connectivity index (χ1) is 7.79. The molecule has 0 fully saturated rings. The van der Waals surface area contributed by atoms with Gasteiger partial charge >= 0.3 is 0 Å². The summed E-state index contributed by atoms with van der Waals surface area (Å²) in [4.78, 5) is 16.9. The van der Waals surface area contributed by atoms with E-state index in [1.54, 1.807) is 6.20 Å². The van der Waals surface area contributed by atoms with Crippen LogP contribution in [0.15, 0.2) is 23.0 Å². The van der Waals surface area contributed by atoms with E-state index in [2.05, 4.69) is 26.9 Å². The van der Waals surface area contributed by atoms with Crippen molar-refractivity contribution in [3.8, 4) is 0 Å². The van der Waals surface area contributed by atoms with E-state index < -0.39 is 0 Å². The molecule has 0 saturated heterocycles. The first-order valence-electron chi connectivity index (χ1n) is 4.96. The van der Waals surface area contributed by atoms with E-state index in [1.807, 2.05) is 0 Å². The summed E-state index contributed by atoms with van der Waals surface area (Å²) in [6.45, 7) is 2.10. The van der Waals surface area contributed by atoms with Gasteiger partial charge in [-0.2, -0.15) is 0 Å². The molecule has 0 atom stereocenters. The van der Waals surface area contributed by atoms with Crippen LogP contribution in [0.25, 0.3) is 0 Å². The average molecular weight is 237 g/mol. The Labute approximate surface area is 96.5 Å². The second-order valence-electron chi connectivity index (χ2n) is 3.22. The summed E-state index contributed by atoms with van der Waals surface area (Å²) in [7, 11) is 0. The number of aromatic nitrogens is 2. The highest BCUT2D eigenvalue weighted by Gasteiger charge is 2.11. The Morgan fingerprint density at radius 2 is 2.50 bits per heavy atom. The monoisotopic (exact) mass is 237 g/mol. The number of anilines is 1. The van der Waals surface area contributed by atoms with Crippen LogP contribution >= 0.6 is 11.3 Å². The molecule has 2 rings (SSSR count). The van der Waals surface area contributed by atoms with Gasteiger partial charge in [0.2, 0.25) is 0 Å². The maximum absolute atomic E-state index is 11.6. The van der Waals surface area contributed by atoms with Gasteiger partial charge < -0.3 is 4.52 Å². The predicted molar refractivity (Wildman–Crippen MR) is 60.6 cm³/mol. The van der Waals surface area contributed by atoms with Gasteiger partial charge in [0.1, 0.15) is 6.26 Å². The lowest BCUT2D eigenvalue weighted by molar-refractivity contribution is 0.101. The van der Waals surface area contributed by atoms with E-state index in [0.717, 1.165) is 17.7 Å². The fourth-order valence-corrected chi connectivity index (χ4v) is 2.13. The summed E-state index contributed by atoms with van der Waals surface area (Å²) >= 11 is 1.48. The van der Waals surface area contributed by atoms with Gasteiger partial charge in [-0.05, 0) is 6.42 Å². The molecule has 0 radical (unpaired) electrons. The number of amides is 1. The topological polar surface area (TPSA) is 68.0 Å². The molecular weight excluding hydrogens is 226 g/mol. The van der Waals surface area contributed by atoms with Gasteiger partial charge in [-0.15, -0.1) is 11.3 Å². The van der Waals surface area contributed by atoms with E-state index in [0.29, 0.717) is 5.13 Å². The SMILES string of the molecule is CCCc1cnc(NC(=O)c2ccon2)s1. The number of carbonyl (C=O) groups excluding carboxylic acids is 1. The molecular formula is C10H11N3O2S. The summed E-state index contributed by atoms with van der Waals surface area (Å²) in [6.07, 6.45) is 5.20. The molecule has 0 saturated carbocycles. The van der Waals surface area contributed by atoms with Gasteiger partial charge in [-0.1, -0.05) is 18.5 Å². The Kier molecular flexibility index (Phi) is 3.31. The maximum atomic E-state index is 11.6. The highest BCUT2D eigenvalue weighted by atomic mass is 32.1. The molecule has 1 amide bonds. The van der Waals surface area contributed by atoms with Crippen LogP contribution in [-0.4, -0.2) is 16.0 Å². The zero-order valence-corrected chi connectivity index (χ0v) is 9.58. The zero-order chi connectivity index (χ0) is 11.4. The van der Waals surface area contributed by atoms with Crippen LogP contribution < -0.4 is 5.32 Å². The van der Waals surface area contributed by atoms with Crippen LogP contribution in [0, 0.1) is 0 Å². The van der Waals surface area contributed by atoms with Crippen LogP contribution in [0.2, 0.25) is 0 Å². The second-order valence-corrected chi connectivity index (χ2v) is 4.34. The van der Waals surface area contributed by atoms with E-state index >= 15 is 0 Å². The normalized spacial score (nSPS) is 10.3. The number of rotatable bonds is 4. The molecule has 0 aliphatic carbocycles. The maximum Gasteiger partial charge on any atom is 0.279 e. The van der Waals surface area contributed by atoms with Crippen molar-refractivity contribution in [2.45, 2.75) is 19.8 Å². The van der Waals surface area contributed by atoms with Gasteiger partial charge in [0, 0.05) is 17.1 Å². The molecule has 0 aromatic carbocycles. The molecule has 16 heavy (non-hydrogen) atoms. The van der Waals surface area contributed by atoms with E-state index in [1.165, 1.54) is 23.7 Å². The molecule has 0 aliphatic rings. The summed E-state index contributed by atoms with van der Waals surface area (Å²) in [5.41, 5.74) is 0.257. The molecule has 84 valence electrons. The van der Waals surface area contributed by atoms with E-state index in [-0.39, 0.29) is 11.6 Å². The zero-order valence-electron chi connectivity index (χ0n) is 8.77. The molecule has 2 aromatic rings. The van der Waals surface area contributed by atoms with Gasteiger partial charge in [0.25, 0.3) is 5.91 Å². The highest BCUT2D eigenvalue weighted by Crippen LogP contribution is 2.19. The number of carbonyl (C=O) groups is 1. The van der Waals surface area contributed by atoms with Crippen molar-refractivity contribution in [3.63, 3.8) is 0 Å². The fraction of sp³-hybridized carbons (Fsp3) is 0.300. The van der Waals surface area contributed by atoms with Crippen LogP contribution in [0.4, 0.5) is 5.13 Å². The van der Waals surface area contributed by atoms with Gasteiger partial charge in [-0.3, -0.25) is 10.1 Å². The predicted octanol–water partition coefficient (Wildman–Crippen LogP) is 2.34. The largest absolute Gasteiger partial charge is 0.364 e. The standard InChI is InChI=1S/C10H11N3O2S/c1-2-3-7-6-11-10(16-7)12-9(14)8-4-5-15-13-8/h4-6H,2-3H2,1H3,(H,11,12,14). The molecule has 0 bridgehead atoms. The van der Waals surface area contributed by atoms with Crippen molar-refractivity contribution in [3.05, 3.63) is 29.1 Å². The third kappa shape index (κ3) is 2.46. The third-order valence-corrected chi connectivity index (χ3v) is 2.91. The van der Waals surface area contributed by atoms with Crippen molar-refractivity contribution in [2.75, 3.05) is 5.32 Å². The lowest BCUT2D eigenvalue weighted by Crippen LogP contribution is -2.11. The molecule has 1 N–H and O–H groups in total. The van der Waals surface area contributed by atoms with Gasteiger partial charge in [0.15, 0.2) is 10.8 Å². The van der Waals surface area contributed by atoms with Crippen molar-refractivity contribution in [2.24, 2.45) is 0 Å². The Bertz CT molecular complexity index is 464. The van der Waals surface area contributed by atoms with Crippen molar-refractivity contribution in [1.82, 2.24) is 10.1 Å². The fourth-order valence-electron chi connectivity index (χ4n) is 1.22. The van der Waals surface area contributed by atoms with E-state index in [9.17, 15) is 4.79 Å². The highest BCUT2D eigenvalue weighted by molar-refractivity contribution is 7.15. The minimum atomic E-state index is -0.300. The van der Waals surface area contributed by atoms with E-state index in [4.69, 9.17) is 0 Å². The Morgan fingerprint density at radius 3 is 3.19 bits per heavy atom. The average Bonchev–Trinajstić information content (AvgIpc) is 2.89. The Hall–Kier alpha value is -1.69. The summed E-state index contributed by atoms with van der Waals surface area (Å²) in [6, 6.07) is 1.51. The number of hydrogen-bond acceptors (Lipinski definition) is 5. The molecule has 0 spiro atoms. The minimum Gasteiger partial charge on any atom is -0.364 e. The van der Waals surface area contributed by atoms with Crippen molar-refractivity contribution >= 4 is 22.4 Å². The summed E-state index contributed by atoms with van der Waals surface area (Å²) < 4.78 is 4.59. The number of nitrogens with zero attached hydrogens (tertiary/aromatic N) is 2. The van der Waals surface area contributed by atoms with Crippen molar-refractivity contribution < 1.29 is 9.32 Å².